The fraction of sp³-hybridized carbons (Fsp3) is 0. The van der Waals surface area contributed by atoms with Crippen molar-refractivity contribution in [3.05, 3.63) is 100 Å². The first kappa shape index (κ1) is 17.7. The van der Waals surface area contributed by atoms with E-state index < -0.39 is 0 Å². The molecule has 1 atom stereocenters. The molecular weight excluding hydrogens is 399 g/mol. The van der Waals surface area contributed by atoms with Gasteiger partial charge in [-0.05, 0) is 29.8 Å². The Kier molecular flexibility index (Phi) is 5.37. The molecule has 4 rings (SSSR count). The number of hydrogen-bond acceptors (Lipinski definition) is 1. The highest BCUT2D eigenvalue weighted by Gasteiger charge is 2.36. The Morgan fingerprint density at radius 1 is 0.654 bits per heavy atom. The van der Waals surface area contributed by atoms with E-state index in [-0.39, 0.29) is 10.9 Å². The summed E-state index contributed by atoms with van der Waals surface area (Å²) in [6, 6.07) is 28.9. The number of halogens is 2. The summed E-state index contributed by atoms with van der Waals surface area (Å²) in [5, 5.41) is 3.60. The van der Waals surface area contributed by atoms with Gasteiger partial charge in [0.2, 0.25) is 4.21 Å². The van der Waals surface area contributed by atoms with Gasteiger partial charge >= 0.3 is 0 Å². The summed E-state index contributed by atoms with van der Waals surface area (Å²) in [5.74, 6) is 0. The highest BCUT2D eigenvalue weighted by Crippen LogP contribution is 2.46. The quantitative estimate of drug-likeness (QED) is 0.299. The van der Waals surface area contributed by atoms with Crippen molar-refractivity contribution in [3.8, 4) is 11.1 Å². The van der Waals surface area contributed by atoms with Gasteiger partial charge in [-0.2, -0.15) is 0 Å². The summed E-state index contributed by atoms with van der Waals surface area (Å²) in [6.07, 6.45) is 0. The van der Waals surface area contributed by atoms with E-state index in [0.29, 0.717) is 0 Å². The van der Waals surface area contributed by atoms with Gasteiger partial charge in [-0.1, -0.05) is 95.2 Å². The second kappa shape index (κ2) is 7.89. The molecule has 4 aromatic rings. The van der Waals surface area contributed by atoms with E-state index in [0.717, 1.165) is 26.1 Å². The predicted octanol–water partition coefficient (Wildman–Crippen LogP) is 7.82. The summed E-state index contributed by atoms with van der Waals surface area (Å²) >= 11 is 14.9. The van der Waals surface area contributed by atoms with Gasteiger partial charge in [0.15, 0.2) is 9.79 Å². The molecule has 0 nitrogen and oxygen atoms in total. The minimum atomic E-state index is -0.315. The predicted molar refractivity (Wildman–Crippen MR) is 115 cm³/mol. The first-order chi connectivity index (χ1) is 12.8. The van der Waals surface area contributed by atoms with E-state index in [2.05, 4.69) is 42.5 Å². The summed E-state index contributed by atoms with van der Waals surface area (Å²) in [4.78, 5) is 2.35. The standard InChI is InChI=1S/C22H15Cl2S2/c23-18-13-7-8-14-20(18)26(17-11-5-2-6-12-17)22-21(19(24)15-25-22)16-9-3-1-4-10-16/h1-15H/q+1. The molecule has 0 aliphatic carbocycles. The molecule has 128 valence electrons. The summed E-state index contributed by atoms with van der Waals surface area (Å²) in [5.41, 5.74) is 2.23. The van der Waals surface area contributed by atoms with Crippen molar-refractivity contribution in [2.24, 2.45) is 0 Å². The van der Waals surface area contributed by atoms with Gasteiger partial charge in [-0.25, -0.2) is 0 Å². The van der Waals surface area contributed by atoms with Gasteiger partial charge in [0, 0.05) is 5.38 Å². The van der Waals surface area contributed by atoms with E-state index >= 15 is 0 Å². The minimum Gasteiger partial charge on any atom is -0.0913 e. The lowest BCUT2D eigenvalue weighted by Gasteiger charge is -2.10. The van der Waals surface area contributed by atoms with Gasteiger partial charge < -0.3 is 0 Å². The van der Waals surface area contributed by atoms with E-state index in [1.54, 1.807) is 11.3 Å². The molecule has 0 radical (unpaired) electrons. The van der Waals surface area contributed by atoms with Crippen LogP contribution in [0.5, 0.6) is 0 Å². The average Bonchev–Trinajstić information content (AvgIpc) is 3.06. The van der Waals surface area contributed by atoms with Crippen molar-refractivity contribution in [3.63, 3.8) is 0 Å². The Labute approximate surface area is 170 Å². The molecule has 0 bridgehead atoms. The van der Waals surface area contributed by atoms with Crippen LogP contribution in [-0.2, 0) is 10.9 Å². The minimum absolute atomic E-state index is 0.315. The van der Waals surface area contributed by atoms with E-state index in [9.17, 15) is 0 Å². The van der Waals surface area contributed by atoms with Crippen LogP contribution < -0.4 is 0 Å². The molecule has 4 heteroatoms. The molecule has 0 saturated heterocycles. The maximum absolute atomic E-state index is 6.62. The SMILES string of the molecule is Clc1ccccc1[S+](c1ccccc1)c1scc(Cl)c1-c1ccccc1. The number of rotatable bonds is 4. The van der Waals surface area contributed by atoms with E-state index in [1.165, 1.54) is 9.10 Å². The Morgan fingerprint density at radius 2 is 1.27 bits per heavy atom. The smallest absolute Gasteiger partial charge is 0.0913 e. The third-order valence-electron chi connectivity index (χ3n) is 4.00. The van der Waals surface area contributed by atoms with Crippen molar-refractivity contribution in [2.45, 2.75) is 14.0 Å². The number of hydrogen-bond donors (Lipinski definition) is 0. The second-order valence-corrected chi connectivity index (χ2v) is 9.55. The molecule has 1 unspecified atom stereocenters. The van der Waals surface area contributed by atoms with Crippen LogP contribution in [0.15, 0.2) is 104 Å². The first-order valence-electron chi connectivity index (χ1n) is 8.12. The van der Waals surface area contributed by atoms with Crippen molar-refractivity contribution in [2.75, 3.05) is 0 Å². The van der Waals surface area contributed by atoms with Crippen LogP contribution in [0.2, 0.25) is 10.0 Å². The van der Waals surface area contributed by atoms with Crippen molar-refractivity contribution in [1.82, 2.24) is 0 Å². The van der Waals surface area contributed by atoms with Gasteiger partial charge in [-0.3, -0.25) is 0 Å². The molecule has 0 amide bonds. The highest BCUT2D eigenvalue weighted by molar-refractivity contribution is 7.99. The third-order valence-corrected chi connectivity index (χ3v) is 8.54. The normalized spacial score (nSPS) is 12.1. The fourth-order valence-electron chi connectivity index (χ4n) is 2.83. The molecule has 0 saturated carbocycles. The Hall–Kier alpha value is -1.71. The lowest BCUT2D eigenvalue weighted by atomic mass is 10.1. The molecule has 0 aliphatic heterocycles. The van der Waals surface area contributed by atoms with Gasteiger partial charge in [0.1, 0.15) is 10.9 Å². The van der Waals surface area contributed by atoms with Gasteiger partial charge in [0.05, 0.1) is 15.6 Å². The van der Waals surface area contributed by atoms with Crippen molar-refractivity contribution in [1.29, 1.82) is 0 Å². The van der Waals surface area contributed by atoms with Crippen LogP contribution in [0.1, 0.15) is 0 Å². The van der Waals surface area contributed by atoms with E-state index in [1.807, 2.05) is 47.8 Å². The number of thiophene rings is 1. The summed E-state index contributed by atoms with van der Waals surface area (Å²) in [6.45, 7) is 0. The summed E-state index contributed by atoms with van der Waals surface area (Å²) < 4.78 is 1.24. The second-order valence-electron chi connectivity index (χ2n) is 5.66. The fourth-order valence-corrected chi connectivity index (χ4v) is 7.42. The first-order valence-corrected chi connectivity index (χ1v) is 11.0. The average molecular weight is 414 g/mol. The molecule has 0 fully saturated rings. The number of benzene rings is 3. The van der Waals surface area contributed by atoms with Crippen molar-refractivity contribution >= 4 is 45.4 Å². The van der Waals surface area contributed by atoms with Crippen LogP contribution in [0.3, 0.4) is 0 Å². The van der Waals surface area contributed by atoms with Gasteiger partial charge in [-0.15, -0.1) is 0 Å². The molecule has 3 aromatic carbocycles. The topological polar surface area (TPSA) is 0 Å². The lowest BCUT2D eigenvalue weighted by molar-refractivity contribution is 1.36. The van der Waals surface area contributed by atoms with Crippen LogP contribution in [0, 0.1) is 0 Å². The van der Waals surface area contributed by atoms with Gasteiger partial charge in [0.25, 0.3) is 0 Å². The molecule has 1 aromatic heterocycles. The molecule has 26 heavy (non-hydrogen) atoms. The van der Waals surface area contributed by atoms with Crippen LogP contribution >= 0.6 is 34.5 Å². The Morgan fingerprint density at radius 3 is 1.96 bits per heavy atom. The molecule has 0 N–H and O–H groups in total. The zero-order valence-corrected chi connectivity index (χ0v) is 16.9. The monoisotopic (exact) mass is 413 g/mol. The van der Waals surface area contributed by atoms with Crippen LogP contribution in [0.4, 0.5) is 0 Å². The third kappa shape index (κ3) is 3.43. The zero-order chi connectivity index (χ0) is 17.9. The zero-order valence-electron chi connectivity index (χ0n) is 13.7. The molecule has 0 aliphatic rings. The largest absolute Gasteiger partial charge is 0.229 e. The highest BCUT2D eigenvalue weighted by atomic mass is 35.5. The maximum Gasteiger partial charge on any atom is 0.229 e. The Bertz CT molecular complexity index is 1010. The molecule has 1 heterocycles. The van der Waals surface area contributed by atoms with Crippen LogP contribution in [0.25, 0.3) is 11.1 Å². The van der Waals surface area contributed by atoms with Crippen LogP contribution in [-0.4, -0.2) is 0 Å². The Balaban J connectivity index is 1.96. The maximum atomic E-state index is 6.62. The van der Waals surface area contributed by atoms with Crippen molar-refractivity contribution < 1.29 is 0 Å². The molecule has 0 spiro atoms. The molecular formula is C22H15Cl2S2+. The van der Waals surface area contributed by atoms with E-state index in [4.69, 9.17) is 23.2 Å². The lowest BCUT2D eigenvalue weighted by Crippen LogP contribution is -2.05. The summed E-state index contributed by atoms with van der Waals surface area (Å²) in [7, 11) is -0.315.